The molecule has 1 heterocycles. The monoisotopic (exact) mass is 215 g/mol. The second-order valence-corrected chi connectivity index (χ2v) is 2.17. The second-order valence-electron chi connectivity index (χ2n) is 2.17. The summed E-state index contributed by atoms with van der Waals surface area (Å²) in [5, 5.41) is 0. The van der Waals surface area contributed by atoms with E-state index in [0.717, 1.165) is 0 Å². The maximum Gasteiger partial charge on any atom is 0.573 e. The van der Waals surface area contributed by atoms with Gasteiger partial charge in [-0.15, -0.1) is 13.2 Å². The molecular formula is C6H2F5NO2. The van der Waals surface area contributed by atoms with Gasteiger partial charge in [-0.05, 0) is 0 Å². The molecule has 0 fully saturated rings. The molecule has 0 unspecified atom stereocenters. The minimum atomic E-state index is -5.13. The average Bonchev–Trinajstić information content (AvgIpc) is 1.97. The number of alkyl halides is 3. The first-order valence-electron chi connectivity index (χ1n) is 3.13. The molecule has 8 heteroatoms. The largest absolute Gasteiger partial charge is 0.573 e. The van der Waals surface area contributed by atoms with Gasteiger partial charge in [0.15, 0.2) is 11.6 Å². The zero-order valence-corrected chi connectivity index (χ0v) is 6.28. The van der Waals surface area contributed by atoms with Crippen molar-refractivity contribution in [1.29, 1.82) is 0 Å². The van der Waals surface area contributed by atoms with Gasteiger partial charge in [0, 0.05) is 6.07 Å². The van der Waals surface area contributed by atoms with Crippen LogP contribution in [0, 0.1) is 11.8 Å². The summed E-state index contributed by atoms with van der Waals surface area (Å²) in [6, 6.07) is 0.0155. The fourth-order valence-corrected chi connectivity index (χ4v) is 0.665. The number of pyridine rings is 1. The Balaban J connectivity index is 3.11. The van der Waals surface area contributed by atoms with E-state index in [4.69, 9.17) is 0 Å². The van der Waals surface area contributed by atoms with Crippen LogP contribution in [0.15, 0.2) is 10.9 Å². The van der Waals surface area contributed by atoms with Crippen molar-refractivity contribution in [3.8, 4) is 5.75 Å². The summed E-state index contributed by atoms with van der Waals surface area (Å²) in [4.78, 5) is 11.8. The Morgan fingerprint density at radius 1 is 1.29 bits per heavy atom. The van der Waals surface area contributed by atoms with Crippen molar-refractivity contribution >= 4 is 0 Å². The summed E-state index contributed by atoms with van der Waals surface area (Å²) in [6.07, 6.45) is -5.13. The summed E-state index contributed by atoms with van der Waals surface area (Å²) >= 11 is 0. The number of aromatic amines is 1. The molecule has 1 aromatic heterocycles. The molecule has 14 heavy (non-hydrogen) atoms. The molecule has 0 amide bonds. The second kappa shape index (κ2) is 3.28. The topological polar surface area (TPSA) is 42.1 Å². The van der Waals surface area contributed by atoms with Crippen molar-refractivity contribution < 1.29 is 26.7 Å². The third-order valence-corrected chi connectivity index (χ3v) is 1.14. The van der Waals surface area contributed by atoms with Gasteiger partial charge < -0.3 is 4.74 Å². The molecule has 0 bridgehead atoms. The highest BCUT2D eigenvalue weighted by molar-refractivity contribution is 5.18. The number of rotatable bonds is 1. The van der Waals surface area contributed by atoms with Crippen LogP contribution < -0.4 is 10.3 Å². The van der Waals surface area contributed by atoms with Crippen LogP contribution in [-0.2, 0) is 0 Å². The molecule has 0 aromatic carbocycles. The summed E-state index contributed by atoms with van der Waals surface area (Å²) in [5.41, 5.74) is -1.50. The molecule has 0 spiro atoms. The maximum atomic E-state index is 12.3. The van der Waals surface area contributed by atoms with Crippen LogP contribution in [0.1, 0.15) is 0 Å². The highest BCUT2D eigenvalue weighted by Crippen LogP contribution is 2.19. The molecule has 3 nitrogen and oxygen atoms in total. The van der Waals surface area contributed by atoms with Gasteiger partial charge in [0.25, 0.3) is 5.56 Å². The highest BCUT2D eigenvalue weighted by atomic mass is 19.4. The molecule has 0 saturated carbocycles. The van der Waals surface area contributed by atoms with Crippen LogP contribution in [0.4, 0.5) is 22.0 Å². The number of hydrogen-bond acceptors (Lipinski definition) is 2. The van der Waals surface area contributed by atoms with E-state index >= 15 is 0 Å². The van der Waals surface area contributed by atoms with Crippen LogP contribution >= 0.6 is 0 Å². The molecule has 0 aliphatic carbocycles. The summed E-state index contributed by atoms with van der Waals surface area (Å²) in [7, 11) is 0. The number of halogens is 5. The van der Waals surface area contributed by atoms with Crippen LogP contribution in [0.5, 0.6) is 5.75 Å². The van der Waals surface area contributed by atoms with Crippen molar-refractivity contribution in [3.05, 3.63) is 28.2 Å². The van der Waals surface area contributed by atoms with Gasteiger partial charge in [-0.3, -0.25) is 9.78 Å². The minimum absolute atomic E-state index is 0.0155. The lowest BCUT2D eigenvalue weighted by Crippen LogP contribution is -2.23. The lowest BCUT2D eigenvalue weighted by atomic mass is 10.4. The third kappa shape index (κ3) is 2.44. The average molecular weight is 215 g/mol. The maximum absolute atomic E-state index is 12.3. The lowest BCUT2D eigenvalue weighted by Gasteiger charge is -2.07. The predicted molar refractivity (Wildman–Crippen MR) is 33.7 cm³/mol. The Hall–Kier alpha value is -1.60. The van der Waals surface area contributed by atoms with Crippen LogP contribution in [0.2, 0.25) is 0 Å². The van der Waals surface area contributed by atoms with Crippen molar-refractivity contribution in [2.45, 2.75) is 6.36 Å². The quantitative estimate of drug-likeness (QED) is 0.570. The van der Waals surface area contributed by atoms with E-state index in [0.29, 0.717) is 0 Å². The summed E-state index contributed by atoms with van der Waals surface area (Å²) < 4.78 is 62.4. The summed E-state index contributed by atoms with van der Waals surface area (Å²) in [6.45, 7) is 0. The first kappa shape index (κ1) is 10.5. The minimum Gasteiger partial charge on any atom is -0.400 e. The molecule has 78 valence electrons. The zero-order chi connectivity index (χ0) is 10.9. The normalized spacial score (nSPS) is 11.5. The lowest BCUT2D eigenvalue weighted by molar-refractivity contribution is -0.275. The van der Waals surface area contributed by atoms with E-state index < -0.39 is 29.4 Å². The molecule has 0 radical (unpaired) electrons. The van der Waals surface area contributed by atoms with E-state index in [9.17, 15) is 26.7 Å². The van der Waals surface area contributed by atoms with Crippen molar-refractivity contribution in [3.63, 3.8) is 0 Å². The first-order valence-corrected chi connectivity index (χ1v) is 3.13. The van der Waals surface area contributed by atoms with Crippen molar-refractivity contribution in [2.24, 2.45) is 0 Å². The first-order chi connectivity index (χ1) is 6.29. The van der Waals surface area contributed by atoms with E-state index in [-0.39, 0.29) is 6.07 Å². The molecular weight excluding hydrogens is 213 g/mol. The standard InChI is InChI=1S/C6H2F5NO2/c7-2-1-3(14-6(9,10)11)5(13)12-4(2)8/h1H,(H,12,13). The molecule has 1 N–H and O–H groups in total. The van der Waals surface area contributed by atoms with Crippen LogP contribution in [0.25, 0.3) is 0 Å². The fraction of sp³-hybridized carbons (Fsp3) is 0.167. The van der Waals surface area contributed by atoms with E-state index in [1.165, 1.54) is 4.98 Å². The SMILES string of the molecule is O=c1[nH]c(F)c(F)cc1OC(F)(F)F. The Morgan fingerprint density at radius 2 is 1.86 bits per heavy atom. The number of nitrogens with one attached hydrogen (secondary N) is 1. The Morgan fingerprint density at radius 3 is 2.36 bits per heavy atom. The van der Waals surface area contributed by atoms with E-state index in [1.54, 1.807) is 0 Å². The molecule has 0 aliphatic heterocycles. The number of hydrogen-bond donors (Lipinski definition) is 1. The molecule has 1 aromatic rings. The molecule has 0 atom stereocenters. The Bertz CT molecular complexity index is 396. The predicted octanol–water partition coefficient (Wildman–Crippen LogP) is 1.55. The van der Waals surface area contributed by atoms with Gasteiger partial charge in [0.1, 0.15) is 0 Å². The molecule has 0 saturated heterocycles. The van der Waals surface area contributed by atoms with Gasteiger partial charge in [0.05, 0.1) is 0 Å². The van der Waals surface area contributed by atoms with Crippen LogP contribution in [0.3, 0.4) is 0 Å². The van der Waals surface area contributed by atoms with Crippen molar-refractivity contribution in [1.82, 2.24) is 4.98 Å². The zero-order valence-electron chi connectivity index (χ0n) is 6.28. The van der Waals surface area contributed by atoms with Crippen LogP contribution in [-0.4, -0.2) is 11.3 Å². The Labute approximate surface area is 73.1 Å². The van der Waals surface area contributed by atoms with Gasteiger partial charge in [-0.2, -0.15) is 4.39 Å². The smallest absolute Gasteiger partial charge is 0.400 e. The number of aromatic nitrogens is 1. The van der Waals surface area contributed by atoms with Gasteiger partial charge >= 0.3 is 6.36 Å². The van der Waals surface area contributed by atoms with Crippen molar-refractivity contribution in [2.75, 3.05) is 0 Å². The molecule has 1 rings (SSSR count). The number of H-pyrrole nitrogens is 1. The van der Waals surface area contributed by atoms with E-state index in [2.05, 4.69) is 4.74 Å². The third-order valence-electron chi connectivity index (χ3n) is 1.14. The number of ether oxygens (including phenoxy) is 1. The highest BCUT2D eigenvalue weighted by Gasteiger charge is 2.32. The molecule has 0 aliphatic rings. The Kier molecular flexibility index (Phi) is 2.45. The summed E-state index contributed by atoms with van der Waals surface area (Å²) in [5.74, 6) is -4.63. The fourth-order valence-electron chi connectivity index (χ4n) is 0.665. The van der Waals surface area contributed by atoms with Gasteiger partial charge in [0.2, 0.25) is 5.95 Å². The van der Waals surface area contributed by atoms with Gasteiger partial charge in [-0.25, -0.2) is 4.39 Å². The van der Waals surface area contributed by atoms with Gasteiger partial charge in [-0.1, -0.05) is 0 Å². The van der Waals surface area contributed by atoms with E-state index in [1.807, 2.05) is 0 Å².